The fraction of sp³-hybridized carbons (Fsp3) is 0.905. The highest BCUT2D eigenvalue weighted by atomic mass is 16.5. The lowest BCUT2D eigenvalue weighted by Gasteiger charge is -2.48. The molecule has 0 aromatic heterocycles. The number of nitrogens with zero attached hydrogens (tertiary/aromatic N) is 2. The van der Waals surface area contributed by atoms with Crippen LogP contribution in [0.25, 0.3) is 0 Å². The Balaban J connectivity index is 1.60. The number of nitrogens with one attached hydrogen (secondary N) is 1. The molecule has 2 aliphatic heterocycles. The molecule has 3 fully saturated rings. The zero-order valence-electron chi connectivity index (χ0n) is 17.5. The maximum atomic E-state index is 12.8. The summed E-state index contributed by atoms with van der Waals surface area (Å²) in [7, 11) is 0. The van der Waals surface area contributed by atoms with Gasteiger partial charge in [-0.2, -0.15) is 0 Å². The van der Waals surface area contributed by atoms with E-state index >= 15 is 0 Å². The van der Waals surface area contributed by atoms with Crippen LogP contribution in [0.4, 0.5) is 4.79 Å². The smallest absolute Gasteiger partial charge is 0.318 e. The number of hydrogen-bond acceptors (Lipinski definition) is 3. The van der Waals surface area contributed by atoms with Gasteiger partial charge in [0.15, 0.2) is 0 Å². The number of carbonyl (C=O) groups is 2. The van der Waals surface area contributed by atoms with Gasteiger partial charge in [0, 0.05) is 44.2 Å². The largest absolute Gasteiger partial charge is 0.375 e. The molecule has 1 saturated carbocycles. The second kappa shape index (κ2) is 8.38. The highest BCUT2D eigenvalue weighted by molar-refractivity contribution is 5.76. The number of carbonyl (C=O) groups excluding carboxylic acids is 2. The number of amides is 3. The predicted molar refractivity (Wildman–Crippen MR) is 106 cm³/mol. The fourth-order valence-corrected chi connectivity index (χ4v) is 4.53. The average Bonchev–Trinajstić information content (AvgIpc) is 3.39. The van der Waals surface area contributed by atoms with Crippen LogP contribution in [0.2, 0.25) is 0 Å². The molecule has 1 unspecified atom stereocenters. The molecule has 2 heterocycles. The first-order chi connectivity index (χ1) is 12.8. The number of urea groups is 1. The third kappa shape index (κ3) is 5.15. The maximum absolute atomic E-state index is 12.8. The quantitative estimate of drug-likeness (QED) is 0.798. The van der Waals surface area contributed by atoms with Crippen LogP contribution in [0, 0.1) is 5.92 Å². The first-order valence-electron chi connectivity index (χ1n) is 10.8. The minimum Gasteiger partial charge on any atom is -0.375 e. The normalized spacial score (nSPS) is 25.1. The SMILES string of the molecule is CC(C)CC(=O)N1CCC2(CC1)CC(N(C(=O)NC(C)C)C1CC1)CCO2. The monoisotopic (exact) mass is 379 g/mol. The Hall–Kier alpha value is -1.30. The number of ether oxygens (including phenoxy) is 1. The Labute approximate surface area is 164 Å². The molecule has 6 nitrogen and oxygen atoms in total. The van der Waals surface area contributed by atoms with Crippen molar-refractivity contribution in [3.05, 3.63) is 0 Å². The molecular weight excluding hydrogens is 342 g/mol. The minimum atomic E-state index is -0.164. The summed E-state index contributed by atoms with van der Waals surface area (Å²) in [6.45, 7) is 10.5. The van der Waals surface area contributed by atoms with Crippen molar-refractivity contribution in [1.82, 2.24) is 15.1 Å². The summed E-state index contributed by atoms with van der Waals surface area (Å²) in [5.41, 5.74) is -0.164. The van der Waals surface area contributed by atoms with Crippen LogP contribution in [-0.4, -0.2) is 65.2 Å². The van der Waals surface area contributed by atoms with Crippen molar-refractivity contribution in [3.8, 4) is 0 Å². The van der Waals surface area contributed by atoms with E-state index in [0.717, 1.165) is 51.6 Å². The molecule has 1 spiro atoms. The molecule has 1 atom stereocenters. The Morgan fingerprint density at radius 2 is 1.78 bits per heavy atom. The van der Waals surface area contributed by atoms with E-state index in [9.17, 15) is 9.59 Å². The summed E-state index contributed by atoms with van der Waals surface area (Å²) >= 11 is 0. The van der Waals surface area contributed by atoms with Crippen molar-refractivity contribution in [3.63, 3.8) is 0 Å². The van der Waals surface area contributed by atoms with Crippen molar-refractivity contribution < 1.29 is 14.3 Å². The molecule has 0 aromatic rings. The summed E-state index contributed by atoms with van der Waals surface area (Å²) in [5.74, 6) is 0.665. The van der Waals surface area contributed by atoms with Crippen LogP contribution in [0.5, 0.6) is 0 Å². The molecule has 2 saturated heterocycles. The summed E-state index contributed by atoms with van der Waals surface area (Å²) in [5, 5.41) is 3.09. The van der Waals surface area contributed by atoms with Crippen LogP contribution >= 0.6 is 0 Å². The number of piperidine rings is 1. The molecule has 27 heavy (non-hydrogen) atoms. The zero-order chi connectivity index (χ0) is 19.6. The standard InChI is InChI=1S/C21H37N3O3/c1-15(2)13-19(25)23-10-8-21(9-11-23)14-18(7-12-27-21)24(17-5-6-17)20(26)22-16(3)4/h15-18H,5-14H2,1-4H3,(H,22,26). The van der Waals surface area contributed by atoms with Gasteiger partial charge in [-0.05, 0) is 58.3 Å². The molecule has 3 rings (SSSR count). The van der Waals surface area contributed by atoms with E-state index in [-0.39, 0.29) is 29.6 Å². The Morgan fingerprint density at radius 1 is 1.11 bits per heavy atom. The molecular formula is C21H37N3O3. The lowest BCUT2D eigenvalue weighted by atomic mass is 9.81. The molecule has 3 amide bonds. The second-order valence-corrected chi connectivity index (χ2v) is 9.40. The van der Waals surface area contributed by atoms with E-state index in [1.54, 1.807) is 0 Å². The van der Waals surface area contributed by atoms with Gasteiger partial charge in [-0.25, -0.2) is 4.79 Å². The van der Waals surface area contributed by atoms with Gasteiger partial charge in [-0.15, -0.1) is 0 Å². The maximum Gasteiger partial charge on any atom is 0.318 e. The number of rotatable bonds is 5. The van der Waals surface area contributed by atoms with Gasteiger partial charge in [0.05, 0.1) is 5.60 Å². The Bertz CT molecular complexity index is 537. The Kier molecular flexibility index (Phi) is 6.34. The summed E-state index contributed by atoms with van der Waals surface area (Å²) in [6, 6.07) is 0.890. The van der Waals surface area contributed by atoms with E-state index in [0.29, 0.717) is 25.0 Å². The van der Waals surface area contributed by atoms with E-state index < -0.39 is 0 Å². The highest BCUT2D eigenvalue weighted by Crippen LogP contribution is 2.40. The Morgan fingerprint density at radius 3 is 2.33 bits per heavy atom. The van der Waals surface area contributed by atoms with Crippen molar-refractivity contribution in [2.45, 2.75) is 96.4 Å². The summed E-state index contributed by atoms with van der Waals surface area (Å²) in [6.07, 6.45) is 6.46. The topological polar surface area (TPSA) is 61.9 Å². The van der Waals surface area contributed by atoms with Crippen LogP contribution in [0.15, 0.2) is 0 Å². The predicted octanol–water partition coefficient (Wildman–Crippen LogP) is 3.16. The van der Waals surface area contributed by atoms with E-state index in [1.807, 2.05) is 18.7 Å². The summed E-state index contributed by atoms with van der Waals surface area (Å²) < 4.78 is 6.26. The molecule has 154 valence electrons. The number of likely N-dealkylation sites (tertiary alicyclic amines) is 1. The van der Waals surface area contributed by atoms with Gasteiger partial charge in [-0.3, -0.25) is 4.79 Å². The molecule has 1 aliphatic carbocycles. The van der Waals surface area contributed by atoms with Gasteiger partial charge in [-0.1, -0.05) is 13.8 Å². The van der Waals surface area contributed by atoms with Crippen LogP contribution in [-0.2, 0) is 9.53 Å². The van der Waals surface area contributed by atoms with E-state index in [1.165, 1.54) is 0 Å². The molecule has 3 aliphatic rings. The minimum absolute atomic E-state index is 0.0825. The number of hydrogen-bond donors (Lipinski definition) is 1. The first kappa shape index (κ1) is 20.4. The van der Waals surface area contributed by atoms with Gasteiger partial charge < -0.3 is 19.9 Å². The van der Waals surface area contributed by atoms with Gasteiger partial charge >= 0.3 is 6.03 Å². The van der Waals surface area contributed by atoms with Crippen LogP contribution < -0.4 is 5.32 Å². The first-order valence-corrected chi connectivity index (χ1v) is 10.8. The summed E-state index contributed by atoms with van der Waals surface area (Å²) in [4.78, 5) is 29.3. The molecule has 1 N–H and O–H groups in total. The van der Waals surface area contributed by atoms with Gasteiger partial charge in [0.2, 0.25) is 5.91 Å². The van der Waals surface area contributed by atoms with E-state index in [2.05, 4.69) is 24.1 Å². The average molecular weight is 380 g/mol. The lowest BCUT2D eigenvalue weighted by molar-refractivity contribution is -0.148. The third-order valence-corrected chi connectivity index (χ3v) is 6.06. The zero-order valence-corrected chi connectivity index (χ0v) is 17.5. The van der Waals surface area contributed by atoms with Crippen molar-refractivity contribution >= 4 is 11.9 Å². The van der Waals surface area contributed by atoms with Crippen LogP contribution in [0.3, 0.4) is 0 Å². The molecule has 6 heteroatoms. The fourth-order valence-electron chi connectivity index (χ4n) is 4.53. The molecule has 0 bridgehead atoms. The van der Waals surface area contributed by atoms with Gasteiger partial charge in [0.1, 0.15) is 0 Å². The second-order valence-electron chi connectivity index (χ2n) is 9.40. The van der Waals surface area contributed by atoms with Crippen molar-refractivity contribution in [2.24, 2.45) is 5.92 Å². The highest BCUT2D eigenvalue weighted by Gasteiger charge is 2.46. The van der Waals surface area contributed by atoms with Crippen LogP contribution in [0.1, 0.15) is 72.6 Å². The van der Waals surface area contributed by atoms with E-state index in [4.69, 9.17) is 4.74 Å². The lowest BCUT2D eigenvalue weighted by Crippen LogP contribution is -2.57. The third-order valence-electron chi connectivity index (χ3n) is 6.06. The van der Waals surface area contributed by atoms with Crippen molar-refractivity contribution in [1.29, 1.82) is 0 Å². The molecule has 0 radical (unpaired) electrons. The van der Waals surface area contributed by atoms with Gasteiger partial charge in [0.25, 0.3) is 0 Å². The molecule has 0 aromatic carbocycles. The van der Waals surface area contributed by atoms with Crippen molar-refractivity contribution in [2.75, 3.05) is 19.7 Å².